The van der Waals surface area contributed by atoms with E-state index >= 15 is 0 Å². The van der Waals surface area contributed by atoms with E-state index in [-0.39, 0.29) is 0 Å². The number of carbonyl (C=O) groups excluding carboxylic acids is 2. The molecule has 0 N–H and O–H groups in total. The van der Waals surface area contributed by atoms with E-state index in [4.69, 9.17) is 9.57 Å². The van der Waals surface area contributed by atoms with Crippen molar-refractivity contribution in [2.45, 2.75) is 0 Å². The molecule has 0 amide bonds. The van der Waals surface area contributed by atoms with Gasteiger partial charge in [0.25, 0.3) is 0 Å². The van der Waals surface area contributed by atoms with E-state index in [9.17, 15) is 9.59 Å². The summed E-state index contributed by atoms with van der Waals surface area (Å²) in [6, 6.07) is 23.2. The van der Waals surface area contributed by atoms with Crippen molar-refractivity contribution in [2.75, 3.05) is 0 Å². The van der Waals surface area contributed by atoms with Crippen molar-refractivity contribution in [1.82, 2.24) is 0 Å². The number of ether oxygens (including phenoxy) is 1. The van der Waals surface area contributed by atoms with Gasteiger partial charge in [0.1, 0.15) is 11.5 Å². The van der Waals surface area contributed by atoms with Gasteiger partial charge in [0.15, 0.2) is 0 Å². The third-order valence-electron chi connectivity index (χ3n) is 4.24. The average Bonchev–Trinajstić information content (AvgIpc) is 3.10. The maximum atomic E-state index is 12.3. The molecule has 0 bridgehead atoms. The lowest BCUT2D eigenvalue weighted by molar-refractivity contribution is -0.136. The molecule has 6 heteroatoms. The molecule has 4 rings (SSSR count). The van der Waals surface area contributed by atoms with Crippen LogP contribution < -0.4 is 4.74 Å². The fourth-order valence-electron chi connectivity index (χ4n) is 2.80. The summed E-state index contributed by atoms with van der Waals surface area (Å²) < 4.78 is 6.08. The van der Waals surface area contributed by atoms with E-state index in [2.05, 4.69) is 21.1 Å². The van der Waals surface area contributed by atoms with Gasteiger partial charge < -0.3 is 9.57 Å². The monoisotopic (exact) mass is 447 g/mol. The first-order valence-electron chi connectivity index (χ1n) is 8.75. The number of hydrogen-bond donors (Lipinski definition) is 0. The van der Waals surface area contributed by atoms with Crippen LogP contribution in [0.4, 0.5) is 0 Å². The fourth-order valence-corrected chi connectivity index (χ4v) is 3.25. The summed E-state index contributed by atoms with van der Waals surface area (Å²) in [5.41, 5.74) is 2.84. The quantitative estimate of drug-likeness (QED) is 0.244. The van der Waals surface area contributed by atoms with Crippen molar-refractivity contribution >= 4 is 39.7 Å². The molecule has 1 heterocycles. The van der Waals surface area contributed by atoms with E-state index in [1.165, 1.54) is 0 Å². The predicted octanol–water partition coefficient (Wildman–Crippen LogP) is 5.01. The van der Waals surface area contributed by atoms with E-state index < -0.39 is 11.9 Å². The molecule has 0 atom stereocenters. The molecule has 29 heavy (non-hydrogen) atoms. The minimum absolute atomic E-state index is 0.370. The maximum Gasteiger partial charge on any atom is 0.368 e. The summed E-state index contributed by atoms with van der Waals surface area (Å²) in [6.45, 7) is 0. The zero-order chi connectivity index (χ0) is 20.2. The number of halogens is 1. The predicted molar refractivity (Wildman–Crippen MR) is 113 cm³/mol. The van der Waals surface area contributed by atoms with Crippen LogP contribution in [0.5, 0.6) is 5.75 Å². The normalized spacial score (nSPS) is 14.4. The molecular formula is C23H14BrNO4. The zero-order valence-corrected chi connectivity index (χ0v) is 16.6. The fraction of sp³-hybridized carbons (Fsp3) is 0. The Hall–Kier alpha value is -3.51. The van der Waals surface area contributed by atoms with Crippen LogP contribution >= 0.6 is 15.9 Å². The van der Waals surface area contributed by atoms with Gasteiger partial charge in [-0.05, 0) is 51.8 Å². The molecule has 0 saturated heterocycles. The van der Waals surface area contributed by atoms with Gasteiger partial charge in [-0.3, -0.25) is 0 Å². The molecule has 142 valence electrons. The van der Waals surface area contributed by atoms with Crippen molar-refractivity contribution < 1.29 is 19.2 Å². The molecule has 0 spiro atoms. The second-order valence-electron chi connectivity index (χ2n) is 6.18. The lowest BCUT2D eigenvalue weighted by atomic mass is 10.0. The summed E-state index contributed by atoms with van der Waals surface area (Å²) in [7, 11) is 0. The van der Waals surface area contributed by atoms with Crippen molar-refractivity contribution in [2.24, 2.45) is 5.16 Å². The van der Waals surface area contributed by atoms with Gasteiger partial charge in [0.05, 0.1) is 11.1 Å². The Morgan fingerprint density at radius 2 is 1.62 bits per heavy atom. The maximum absolute atomic E-state index is 12.3. The first-order chi connectivity index (χ1) is 14.1. The number of benzene rings is 3. The van der Waals surface area contributed by atoms with Crippen molar-refractivity contribution in [3.05, 3.63) is 106 Å². The summed E-state index contributed by atoms with van der Waals surface area (Å²) in [5.74, 6) is -0.561. The lowest BCUT2D eigenvalue weighted by Crippen LogP contribution is -2.09. The molecule has 0 fully saturated rings. The summed E-state index contributed by atoms with van der Waals surface area (Å²) in [6.07, 6.45) is 1.69. The molecule has 5 nitrogen and oxygen atoms in total. The van der Waals surface area contributed by atoms with Crippen LogP contribution in [-0.4, -0.2) is 17.7 Å². The lowest BCUT2D eigenvalue weighted by Gasteiger charge is -2.06. The number of hydrogen-bond acceptors (Lipinski definition) is 5. The Bertz CT molecular complexity index is 1140. The Kier molecular flexibility index (Phi) is 5.35. The van der Waals surface area contributed by atoms with Gasteiger partial charge in [0.2, 0.25) is 0 Å². The molecule has 0 saturated carbocycles. The summed E-state index contributed by atoms with van der Waals surface area (Å²) in [4.78, 5) is 29.2. The molecular weight excluding hydrogens is 434 g/mol. The second-order valence-corrected chi connectivity index (χ2v) is 7.04. The van der Waals surface area contributed by atoms with Crippen LogP contribution in [0.25, 0.3) is 6.08 Å². The third-order valence-corrected chi connectivity index (χ3v) is 4.93. The summed E-state index contributed by atoms with van der Waals surface area (Å²) in [5, 5.41) is 3.89. The number of oxime groups is 1. The molecule has 0 aromatic heterocycles. The van der Waals surface area contributed by atoms with Crippen LogP contribution in [0.1, 0.15) is 21.5 Å². The summed E-state index contributed by atoms with van der Waals surface area (Å²) >= 11 is 3.34. The zero-order valence-electron chi connectivity index (χ0n) is 15.0. The van der Waals surface area contributed by atoms with Crippen LogP contribution in [0.15, 0.2) is 94.1 Å². The average molecular weight is 448 g/mol. The largest absolute Gasteiger partial charge is 0.423 e. The van der Waals surface area contributed by atoms with Crippen LogP contribution in [0.2, 0.25) is 0 Å². The minimum atomic E-state index is -0.506. The Morgan fingerprint density at radius 3 is 2.34 bits per heavy atom. The van der Waals surface area contributed by atoms with E-state index in [1.54, 1.807) is 48.5 Å². The van der Waals surface area contributed by atoms with Crippen molar-refractivity contribution in [3.63, 3.8) is 0 Å². The van der Waals surface area contributed by atoms with Gasteiger partial charge in [-0.15, -0.1) is 0 Å². The van der Waals surface area contributed by atoms with Crippen LogP contribution in [-0.2, 0) is 9.63 Å². The molecule has 3 aromatic rings. The topological polar surface area (TPSA) is 65.0 Å². The van der Waals surface area contributed by atoms with Gasteiger partial charge in [-0.25, -0.2) is 9.59 Å². The van der Waals surface area contributed by atoms with Crippen molar-refractivity contribution in [1.29, 1.82) is 0 Å². The highest BCUT2D eigenvalue weighted by Crippen LogP contribution is 2.23. The number of carbonyl (C=O) groups is 2. The second kappa shape index (κ2) is 8.24. The molecule has 1 aliphatic heterocycles. The standard InChI is InChI=1S/C23H14BrNO4/c24-20-9-5-4-8-18(20)22(26)28-17-12-10-15(11-13-17)14-19-21(25-29-23(19)27)16-6-2-1-3-7-16/h1-14H. The van der Waals surface area contributed by atoms with Crippen molar-refractivity contribution in [3.8, 4) is 5.75 Å². The van der Waals surface area contributed by atoms with Gasteiger partial charge >= 0.3 is 11.9 Å². The Morgan fingerprint density at radius 1 is 0.931 bits per heavy atom. The minimum Gasteiger partial charge on any atom is -0.423 e. The molecule has 3 aromatic carbocycles. The molecule has 0 aliphatic carbocycles. The molecule has 0 unspecified atom stereocenters. The first kappa shape index (κ1) is 18.8. The van der Waals surface area contributed by atoms with E-state index in [1.807, 2.05) is 36.4 Å². The van der Waals surface area contributed by atoms with Gasteiger partial charge in [-0.1, -0.05) is 59.8 Å². The highest BCUT2D eigenvalue weighted by molar-refractivity contribution is 9.10. The third kappa shape index (κ3) is 4.17. The van der Waals surface area contributed by atoms with Gasteiger partial charge in [0, 0.05) is 10.0 Å². The Balaban J connectivity index is 1.53. The highest BCUT2D eigenvalue weighted by Gasteiger charge is 2.26. The number of nitrogens with zero attached hydrogens (tertiary/aromatic N) is 1. The smallest absolute Gasteiger partial charge is 0.368 e. The molecule has 1 aliphatic rings. The van der Waals surface area contributed by atoms with Crippen LogP contribution in [0, 0.1) is 0 Å². The highest BCUT2D eigenvalue weighted by atomic mass is 79.9. The Labute approximate surface area is 175 Å². The first-order valence-corrected chi connectivity index (χ1v) is 9.55. The van der Waals surface area contributed by atoms with E-state index in [0.717, 1.165) is 11.1 Å². The SMILES string of the molecule is O=C1ON=C(c2ccccc2)C1=Cc1ccc(OC(=O)c2ccccc2Br)cc1. The number of rotatable bonds is 4. The van der Waals surface area contributed by atoms with Crippen LogP contribution in [0.3, 0.4) is 0 Å². The van der Waals surface area contributed by atoms with Gasteiger partial charge in [-0.2, -0.15) is 0 Å². The number of esters is 1. The van der Waals surface area contributed by atoms with E-state index in [0.29, 0.717) is 27.1 Å². The molecule has 0 radical (unpaired) electrons.